The zero-order valence-corrected chi connectivity index (χ0v) is 21.8. The van der Waals surface area contributed by atoms with Crippen molar-refractivity contribution in [2.24, 2.45) is 0 Å². The third-order valence-corrected chi connectivity index (χ3v) is 5.92. The van der Waals surface area contributed by atoms with Crippen molar-refractivity contribution in [3.05, 3.63) is 41.4 Å². The molecule has 2 heterocycles. The third kappa shape index (κ3) is 6.72. The molecular formula is C26H33N3O5S. The van der Waals surface area contributed by atoms with Gasteiger partial charge in [0, 0.05) is 40.6 Å². The molecule has 0 aliphatic rings. The highest BCUT2D eigenvalue weighted by atomic mass is 32.1. The molecule has 8 nitrogen and oxygen atoms in total. The number of rotatable bonds is 9. The maximum atomic E-state index is 12.2. The number of fused-ring (bicyclic) bond motifs is 1. The van der Waals surface area contributed by atoms with Crippen molar-refractivity contribution < 1.29 is 23.7 Å². The molecule has 0 spiro atoms. The van der Waals surface area contributed by atoms with Crippen LogP contribution in [0.15, 0.2) is 35.9 Å². The number of nitrogens with one attached hydrogen (secondary N) is 1. The number of hydrogen-bond donors (Lipinski definition) is 2. The fourth-order valence-corrected chi connectivity index (χ4v) is 4.54. The Morgan fingerprint density at radius 1 is 1.23 bits per heavy atom. The van der Waals surface area contributed by atoms with Crippen LogP contribution in [0.1, 0.15) is 40.2 Å². The normalized spacial score (nSPS) is 12.0. The van der Waals surface area contributed by atoms with Crippen LogP contribution in [0, 0.1) is 0 Å². The molecule has 1 amide bonds. The van der Waals surface area contributed by atoms with Crippen LogP contribution in [-0.2, 0) is 14.2 Å². The molecule has 0 aliphatic carbocycles. The van der Waals surface area contributed by atoms with Crippen LogP contribution in [-0.4, -0.2) is 43.3 Å². The summed E-state index contributed by atoms with van der Waals surface area (Å²) >= 11 is 1.58. The number of amides is 1. The number of pyridine rings is 1. The summed E-state index contributed by atoms with van der Waals surface area (Å²) < 4.78 is 23.1. The monoisotopic (exact) mass is 499 g/mol. The van der Waals surface area contributed by atoms with Gasteiger partial charge in [0.05, 0.1) is 12.8 Å². The lowest BCUT2D eigenvalue weighted by Crippen LogP contribution is -2.27. The molecule has 188 valence electrons. The van der Waals surface area contributed by atoms with E-state index in [-0.39, 0.29) is 0 Å². The van der Waals surface area contributed by atoms with E-state index in [1.807, 2.05) is 64.3 Å². The number of carbonyl (C=O) groups is 1. The molecule has 0 saturated carbocycles. The quantitative estimate of drug-likeness (QED) is 0.332. The number of anilines is 2. The van der Waals surface area contributed by atoms with E-state index in [4.69, 9.17) is 24.7 Å². The zero-order valence-electron chi connectivity index (χ0n) is 21.0. The molecule has 35 heavy (non-hydrogen) atoms. The Balaban J connectivity index is 1.95. The Labute approximate surface area is 210 Å². The number of nitrogen functional groups attached to an aromatic ring is 1. The Morgan fingerprint density at radius 2 is 1.94 bits per heavy atom. The van der Waals surface area contributed by atoms with Gasteiger partial charge in [-0.25, -0.2) is 9.78 Å². The van der Waals surface area contributed by atoms with Crippen LogP contribution >= 0.6 is 11.3 Å². The first-order chi connectivity index (χ1) is 16.7. The summed E-state index contributed by atoms with van der Waals surface area (Å²) in [5.74, 6) is 0.945. The molecule has 3 rings (SSSR count). The minimum atomic E-state index is -0.602. The first-order valence-electron chi connectivity index (χ1n) is 11.4. The SMILES string of the molecule is CCOC(/C=C/c1cnc(N)c2c(-c3ccc(NC(=O)OC(C)(C)C)c(OC)c3)csc12)OCC. The first-order valence-corrected chi connectivity index (χ1v) is 12.3. The molecule has 1 aromatic carbocycles. The number of nitrogens with two attached hydrogens (primary N) is 1. The third-order valence-electron chi connectivity index (χ3n) is 4.90. The highest BCUT2D eigenvalue weighted by Gasteiger charge is 2.19. The van der Waals surface area contributed by atoms with E-state index in [2.05, 4.69) is 10.3 Å². The van der Waals surface area contributed by atoms with Gasteiger partial charge in [0.1, 0.15) is 17.2 Å². The molecule has 0 radical (unpaired) electrons. The topological polar surface area (TPSA) is 105 Å². The van der Waals surface area contributed by atoms with Crippen LogP contribution in [0.25, 0.3) is 27.3 Å². The van der Waals surface area contributed by atoms with Gasteiger partial charge in [-0.15, -0.1) is 11.3 Å². The minimum absolute atomic E-state index is 0.425. The number of hydrogen-bond acceptors (Lipinski definition) is 8. The van der Waals surface area contributed by atoms with E-state index in [0.717, 1.165) is 26.8 Å². The van der Waals surface area contributed by atoms with Crippen LogP contribution in [0.4, 0.5) is 16.3 Å². The van der Waals surface area contributed by atoms with Crippen molar-refractivity contribution in [2.45, 2.75) is 46.5 Å². The van der Waals surface area contributed by atoms with E-state index in [0.29, 0.717) is 30.5 Å². The summed E-state index contributed by atoms with van der Waals surface area (Å²) in [6, 6.07) is 5.54. The van der Waals surface area contributed by atoms with Crippen molar-refractivity contribution >= 4 is 45.1 Å². The highest BCUT2D eigenvalue weighted by molar-refractivity contribution is 7.18. The van der Waals surface area contributed by atoms with Gasteiger partial charge in [-0.1, -0.05) is 12.1 Å². The molecule has 2 aromatic heterocycles. The molecular weight excluding hydrogens is 466 g/mol. The Bertz CT molecular complexity index is 1190. The molecule has 0 aliphatic heterocycles. The van der Waals surface area contributed by atoms with E-state index < -0.39 is 18.0 Å². The number of aromatic nitrogens is 1. The van der Waals surface area contributed by atoms with Gasteiger partial charge in [0.15, 0.2) is 6.29 Å². The fraction of sp³-hybridized carbons (Fsp3) is 0.385. The van der Waals surface area contributed by atoms with E-state index in [1.165, 1.54) is 0 Å². The lowest BCUT2D eigenvalue weighted by molar-refractivity contribution is -0.103. The minimum Gasteiger partial charge on any atom is -0.495 e. The molecule has 9 heteroatoms. The largest absolute Gasteiger partial charge is 0.495 e. The Hall–Kier alpha value is -3.14. The molecule has 0 fully saturated rings. The van der Waals surface area contributed by atoms with Gasteiger partial charge in [0.2, 0.25) is 0 Å². The second kappa shape index (κ2) is 11.5. The van der Waals surface area contributed by atoms with Crippen LogP contribution in [0.2, 0.25) is 0 Å². The van der Waals surface area contributed by atoms with Crippen LogP contribution < -0.4 is 15.8 Å². The van der Waals surface area contributed by atoms with Crippen molar-refractivity contribution in [3.8, 4) is 16.9 Å². The second-order valence-corrected chi connectivity index (χ2v) is 9.51. The summed E-state index contributed by atoms with van der Waals surface area (Å²) in [5.41, 5.74) is 8.95. The summed E-state index contributed by atoms with van der Waals surface area (Å²) in [7, 11) is 1.55. The lowest BCUT2D eigenvalue weighted by atomic mass is 10.0. The number of ether oxygens (including phenoxy) is 4. The number of thiophene rings is 1. The first kappa shape index (κ1) is 26.5. The fourth-order valence-electron chi connectivity index (χ4n) is 3.46. The summed E-state index contributed by atoms with van der Waals surface area (Å²) in [6.07, 6.45) is 4.59. The van der Waals surface area contributed by atoms with Crippen molar-refractivity contribution in [3.63, 3.8) is 0 Å². The number of benzene rings is 1. The van der Waals surface area contributed by atoms with Crippen molar-refractivity contribution in [1.82, 2.24) is 4.98 Å². The molecule has 3 N–H and O–H groups in total. The Kier molecular flexibility index (Phi) is 8.71. The average Bonchev–Trinajstić information content (AvgIpc) is 3.24. The smallest absolute Gasteiger partial charge is 0.412 e. The molecule has 0 saturated heterocycles. The summed E-state index contributed by atoms with van der Waals surface area (Å²) in [4.78, 5) is 16.6. The molecule has 3 aromatic rings. The van der Waals surface area contributed by atoms with Crippen molar-refractivity contribution in [1.29, 1.82) is 0 Å². The van der Waals surface area contributed by atoms with Gasteiger partial charge in [0.25, 0.3) is 0 Å². The number of carbonyl (C=O) groups excluding carboxylic acids is 1. The summed E-state index contributed by atoms with van der Waals surface area (Å²) in [5, 5.41) is 5.64. The maximum absolute atomic E-state index is 12.2. The molecule has 0 bridgehead atoms. The van der Waals surface area contributed by atoms with Gasteiger partial charge in [-0.2, -0.15) is 0 Å². The van der Waals surface area contributed by atoms with E-state index >= 15 is 0 Å². The second-order valence-electron chi connectivity index (χ2n) is 8.63. The number of methoxy groups -OCH3 is 1. The van der Waals surface area contributed by atoms with Gasteiger partial charge < -0.3 is 24.7 Å². The molecule has 0 unspecified atom stereocenters. The lowest BCUT2D eigenvalue weighted by Gasteiger charge is -2.20. The summed E-state index contributed by atoms with van der Waals surface area (Å²) in [6.45, 7) is 10.4. The van der Waals surface area contributed by atoms with Gasteiger partial charge in [-0.3, -0.25) is 5.32 Å². The van der Waals surface area contributed by atoms with Gasteiger partial charge in [-0.05, 0) is 63.8 Å². The van der Waals surface area contributed by atoms with Crippen LogP contribution in [0.3, 0.4) is 0 Å². The highest BCUT2D eigenvalue weighted by Crippen LogP contribution is 2.41. The maximum Gasteiger partial charge on any atom is 0.412 e. The average molecular weight is 500 g/mol. The van der Waals surface area contributed by atoms with Crippen molar-refractivity contribution in [2.75, 3.05) is 31.4 Å². The Morgan fingerprint density at radius 3 is 2.57 bits per heavy atom. The van der Waals surface area contributed by atoms with Gasteiger partial charge >= 0.3 is 6.09 Å². The predicted octanol–water partition coefficient (Wildman–Crippen LogP) is 6.31. The standard InChI is InChI=1S/C26H33N3O5S/c1-7-32-21(33-8-2)12-10-17-14-28-24(27)22-18(15-35-23(17)22)16-9-11-19(20(13-16)31-6)29-25(30)34-26(3,4)5/h9-15,21H,7-8H2,1-6H3,(H2,27,28)(H,29,30)/b12-10+. The van der Waals surface area contributed by atoms with E-state index in [1.54, 1.807) is 30.7 Å². The predicted molar refractivity (Wildman–Crippen MR) is 142 cm³/mol. The molecule has 0 atom stereocenters. The van der Waals surface area contributed by atoms with Crippen LogP contribution in [0.5, 0.6) is 5.75 Å². The zero-order chi connectivity index (χ0) is 25.6. The number of nitrogens with zero attached hydrogens (tertiary/aromatic N) is 1. The van der Waals surface area contributed by atoms with E-state index in [9.17, 15) is 4.79 Å².